The summed E-state index contributed by atoms with van der Waals surface area (Å²) in [5.74, 6) is -1.50. The van der Waals surface area contributed by atoms with Gasteiger partial charge in [0.25, 0.3) is 5.91 Å². The Morgan fingerprint density at radius 2 is 1.92 bits per heavy atom. The lowest BCUT2D eigenvalue weighted by Crippen LogP contribution is -2.71. The van der Waals surface area contributed by atoms with Crippen LogP contribution in [0.4, 0.5) is 0 Å². The van der Waals surface area contributed by atoms with Gasteiger partial charge in [0, 0.05) is 5.75 Å². The van der Waals surface area contributed by atoms with Gasteiger partial charge in [-0.25, -0.2) is 4.79 Å². The Balaban J connectivity index is 0.00000169. The van der Waals surface area contributed by atoms with Crippen molar-refractivity contribution in [3.8, 4) is 0 Å². The van der Waals surface area contributed by atoms with Crippen LogP contribution in [0.2, 0.25) is 0 Å². The molecule has 2 heterocycles. The van der Waals surface area contributed by atoms with Crippen LogP contribution in [0.15, 0.2) is 41.6 Å². The average molecular weight is 383 g/mol. The van der Waals surface area contributed by atoms with Crippen LogP contribution in [0.1, 0.15) is 18.5 Å². The van der Waals surface area contributed by atoms with Gasteiger partial charge in [0.15, 0.2) is 0 Å². The molecule has 9 nitrogen and oxygen atoms in total. The molecule has 2 aliphatic rings. The number of nitrogens with one attached hydrogen (secondary N) is 1. The first kappa shape index (κ1) is 21.6. The number of carboxylic acids is 1. The van der Waals surface area contributed by atoms with E-state index in [4.69, 9.17) is 5.73 Å². The van der Waals surface area contributed by atoms with Crippen LogP contribution in [0.25, 0.3) is 0 Å². The molecule has 0 spiro atoms. The van der Waals surface area contributed by atoms with Gasteiger partial charge in [-0.3, -0.25) is 14.5 Å². The van der Waals surface area contributed by atoms with Gasteiger partial charge in [0.2, 0.25) is 5.91 Å². The molecule has 1 fully saturated rings. The molecule has 1 aromatic rings. The molecule has 10 heteroatoms. The first-order valence-corrected chi connectivity index (χ1v) is 8.45. The minimum absolute atomic E-state index is 0. The molecule has 26 heavy (non-hydrogen) atoms. The van der Waals surface area contributed by atoms with Crippen LogP contribution >= 0.6 is 11.8 Å². The van der Waals surface area contributed by atoms with E-state index >= 15 is 0 Å². The van der Waals surface area contributed by atoms with E-state index in [1.165, 1.54) is 16.7 Å². The van der Waals surface area contributed by atoms with Crippen LogP contribution in [0.3, 0.4) is 0 Å². The van der Waals surface area contributed by atoms with E-state index in [-0.39, 0.29) is 16.6 Å². The first-order valence-electron chi connectivity index (χ1n) is 7.40. The number of β-lactam (4-membered cyclic amide) rings is 1. The topological polar surface area (TPSA) is 176 Å². The number of carbonyl (C=O) groups excluding carboxylic acids is 2. The summed E-state index contributed by atoms with van der Waals surface area (Å²) in [6, 6.07) is 7.23. The molecule has 3 atom stereocenters. The van der Waals surface area contributed by atoms with Crippen LogP contribution in [-0.4, -0.2) is 55.9 Å². The molecule has 8 N–H and O–H groups in total. The summed E-state index contributed by atoms with van der Waals surface area (Å²) < 4.78 is 0. The molecule has 0 aromatic heterocycles. The Bertz CT molecular complexity index is 739. The second-order valence-electron chi connectivity index (χ2n) is 5.72. The van der Waals surface area contributed by atoms with Crippen LogP contribution in [-0.2, 0) is 14.4 Å². The number of nitrogens with zero attached hydrogens (tertiary/aromatic N) is 1. The number of thioether (sulfide) groups is 1. The van der Waals surface area contributed by atoms with E-state index in [1.54, 1.807) is 31.2 Å². The van der Waals surface area contributed by atoms with Crippen molar-refractivity contribution in [1.29, 1.82) is 0 Å². The average Bonchev–Trinajstić information content (AvgIpc) is 2.59. The maximum atomic E-state index is 12.3. The maximum absolute atomic E-state index is 12.3. The first-order chi connectivity index (χ1) is 11.4. The lowest BCUT2D eigenvalue weighted by Gasteiger charge is -2.49. The Morgan fingerprint density at radius 1 is 1.31 bits per heavy atom. The molecule has 0 unspecified atom stereocenters. The van der Waals surface area contributed by atoms with E-state index < -0.39 is 35.2 Å². The summed E-state index contributed by atoms with van der Waals surface area (Å²) in [6.07, 6.45) is 0. The fourth-order valence-electron chi connectivity index (χ4n) is 2.83. The van der Waals surface area contributed by atoms with Crippen molar-refractivity contribution >= 4 is 29.5 Å². The van der Waals surface area contributed by atoms with Crippen molar-refractivity contribution in [2.75, 3.05) is 5.75 Å². The summed E-state index contributed by atoms with van der Waals surface area (Å²) in [5.41, 5.74) is 7.24. The highest BCUT2D eigenvalue weighted by Gasteiger charge is 2.53. The zero-order valence-corrected chi connectivity index (χ0v) is 14.7. The number of hydrogen-bond donors (Lipinski definition) is 3. The smallest absolute Gasteiger partial charge is 0.352 e. The highest BCUT2D eigenvalue weighted by atomic mass is 32.2. The second-order valence-corrected chi connectivity index (χ2v) is 6.82. The molecular formula is C16H21N3O6S. The molecule has 1 aromatic carbocycles. The Hall–Kier alpha value is -2.40. The highest BCUT2D eigenvalue weighted by molar-refractivity contribution is 8.00. The third-order valence-corrected chi connectivity index (χ3v) is 5.52. The van der Waals surface area contributed by atoms with E-state index in [9.17, 15) is 19.5 Å². The SMILES string of the molecule is CC1=C(C(=O)O)N2C(=O)[C@@H](NC(=O)[C@@H](N)c3ccccc3)[C@H]2SC1.O.O. The normalized spacial score (nSPS) is 22.2. The van der Waals surface area contributed by atoms with E-state index in [0.29, 0.717) is 16.9 Å². The van der Waals surface area contributed by atoms with Gasteiger partial charge >= 0.3 is 5.97 Å². The summed E-state index contributed by atoms with van der Waals surface area (Å²) in [4.78, 5) is 37.2. The van der Waals surface area contributed by atoms with Crippen molar-refractivity contribution in [2.24, 2.45) is 5.73 Å². The number of rotatable bonds is 4. The lowest BCUT2D eigenvalue weighted by atomic mass is 10.0. The quantitative estimate of drug-likeness (QED) is 0.550. The molecule has 0 aliphatic carbocycles. The second kappa shape index (κ2) is 8.32. The largest absolute Gasteiger partial charge is 0.477 e. The predicted molar refractivity (Wildman–Crippen MR) is 96.0 cm³/mol. The number of amides is 2. The molecule has 1 saturated heterocycles. The molecule has 3 rings (SSSR count). The molecule has 0 radical (unpaired) electrons. The highest BCUT2D eigenvalue weighted by Crippen LogP contribution is 2.40. The van der Waals surface area contributed by atoms with Gasteiger partial charge in [0.1, 0.15) is 23.2 Å². The number of carboxylic acid groups (broad SMARTS) is 1. The zero-order chi connectivity index (χ0) is 17.4. The number of hydrogen-bond acceptors (Lipinski definition) is 5. The fraction of sp³-hybridized carbons (Fsp3) is 0.312. The Morgan fingerprint density at radius 3 is 2.50 bits per heavy atom. The minimum Gasteiger partial charge on any atom is -0.477 e. The van der Waals surface area contributed by atoms with Crippen molar-refractivity contribution in [3.63, 3.8) is 0 Å². The molecule has 0 saturated carbocycles. The molecule has 2 amide bonds. The van der Waals surface area contributed by atoms with Gasteiger partial charge in [0.05, 0.1) is 0 Å². The zero-order valence-electron chi connectivity index (χ0n) is 13.9. The number of carbonyl (C=O) groups is 3. The standard InChI is InChI=1S/C16H17N3O4S.2H2O/c1-8-7-24-15-11(14(21)19(15)12(8)16(22)23)18-13(20)10(17)9-5-3-2-4-6-9;;/h2-6,10-11,15H,7,17H2,1H3,(H,18,20)(H,22,23);2*1H2/t10-,11+,15+;;/m0../s1. The number of fused-ring (bicyclic) bond motifs is 1. The van der Waals surface area contributed by atoms with Crippen LogP contribution < -0.4 is 11.1 Å². The summed E-state index contributed by atoms with van der Waals surface area (Å²) in [6.45, 7) is 1.69. The van der Waals surface area contributed by atoms with Crippen LogP contribution in [0, 0.1) is 0 Å². The van der Waals surface area contributed by atoms with Crippen molar-refractivity contribution in [1.82, 2.24) is 10.2 Å². The van der Waals surface area contributed by atoms with Crippen LogP contribution in [0.5, 0.6) is 0 Å². The van der Waals surface area contributed by atoms with Gasteiger partial charge in [-0.15, -0.1) is 11.8 Å². The van der Waals surface area contributed by atoms with Crippen molar-refractivity contribution in [3.05, 3.63) is 47.2 Å². The minimum atomic E-state index is -1.13. The maximum Gasteiger partial charge on any atom is 0.352 e. The van der Waals surface area contributed by atoms with E-state index in [2.05, 4.69) is 5.32 Å². The van der Waals surface area contributed by atoms with Crippen molar-refractivity contribution < 1.29 is 30.4 Å². The third-order valence-electron chi connectivity index (χ3n) is 4.10. The third kappa shape index (κ3) is 3.58. The summed E-state index contributed by atoms with van der Waals surface area (Å²) in [7, 11) is 0. The Kier molecular flexibility index (Phi) is 6.93. The Labute approximate surface area is 153 Å². The fourth-order valence-corrected chi connectivity index (χ4v) is 4.12. The summed E-state index contributed by atoms with van der Waals surface area (Å²) >= 11 is 1.43. The van der Waals surface area contributed by atoms with E-state index in [0.717, 1.165) is 0 Å². The van der Waals surface area contributed by atoms with E-state index in [1.807, 2.05) is 6.07 Å². The summed E-state index contributed by atoms with van der Waals surface area (Å²) in [5, 5.41) is 11.5. The molecule has 0 bridgehead atoms. The molecule has 2 aliphatic heterocycles. The van der Waals surface area contributed by atoms with Gasteiger partial charge < -0.3 is 27.1 Å². The predicted octanol–water partition coefficient (Wildman–Crippen LogP) is -1.20. The van der Waals surface area contributed by atoms with Gasteiger partial charge in [-0.2, -0.15) is 0 Å². The number of nitrogens with two attached hydrogens (primary N) is 1. The monoisotopic (exact) mass is 383 g/mol. The number of aliphatic carboxylic acids is 1. The number of benzene rings is 1. The van der Waals surface area contributed by atoms with Gasteiger partial charge in [-0.05, 0) is 18.1 Å². The van der Waals surface area contributed by atoms with Gasteiger partial charge in [-0.1, -0.05) is 30.3 Å². The molecular weight excluding hydrogens is 362 g/mol. The molecule has 142 valence electrons. The lowest BCUT2D eigenvalue weighted by molar-refractivity contribution is -0.150. The van der Waals surface area contributed by atoms with Crippen molar-refractivity contribution in [2.45, 2.75) is 24.4 Å².